The number of hydrogen-bond donors (Lipinski definition) is 1. The van der Waals surface area contributed by atoms with Gasteiger partial charge in [0.25, 0.3) is 0 Å². The van der Waals surface area contributed by atoms with Crippen LogP contribution in [-0.4, -0.2) is 15.1 Å². The van der Waals surface area contributed by atoms with Gasteiger partial charge in [0.15, 0.2) is 0 Å². The molecule has 0 fully saturated rings. The Morgan fingerprint density at radius 1 is 1.05 bits per heavy atom. The highest BCUT2D eigenvalue weighted by Gasteiger charge is 2.24. The summed E-state index contributed by atoms with van der Waals surface area (Å²) in [6.45, 7) is 1.82. The molecule has 0 saturated heterocycles. The van der Waals surface area contributed by atoms with Crippen molar-refractivity contribution < 1.29 is 5.11 Å². The summed E-state index contributed by atoms with van der Waals surface area (Å²) in [7, 11) is 0. The van der Waals surface area contributed by atoms with Crippen molar-refractivity contribution in [3.8, 4) is 0 Å². The van der Waals surface area contributed by atoms with E-state index < -0.39 is 5.60 Å². The fourth-order valence-corrected chi connectivity index (χ4v) is 2.46. The molecular formula is C17H16N2O. The lowest BCUT2D eigenvalue weighted by atomic mass is 9.89. The average molecular weight is 264 g/mol. The first-order chi connectivity index (χ1) is 9.67. The second-order valence-electron chi connectivity index (χ2n) is 5.18. The van der Waals surface area contributed by atoms with Crippen molar-refractivity contribution in [2.45, 2.75) is 18.9 Å². The number of para-hydroxylation sites is 1. The molecule has 0 aliphatic rings. The number of nitrogens with zero attached hydrogens (tertiary/aromatic N) is 2. The molecule has 3 aromatic rings. The van der Waals surface area contributed by atoms with Gasteiger partial charge in [0.1, 0.15) is 0 Å². The molecule has 0 bridgehead atoms. The Balaban J connectivity index is 2.01. The molecule has 20 heavy (non-hydrogen) atoms. The maximum atomic E-state index is 10.7. The fourth-order valence-electron chi connectivity index (χ4n) is 2.46. The number of hydrogen-bond acceptors (Lipinski definition) is 3. The molecule has 0 amide bonds. The second-order valence-corrected chi connectivity index (χ2v) is 5.18. The Hall–Kier alpha value is -2.26. The molecule has 3 heteroatoms. The third-order valence-corrected chi connectivity index (χ3v) is 3.56. The van der Waals surface area contributed by atoms with Crippen LogP contribution >= 0.6 is 0 Å². The van der Waals surface area contributed by atoms with Gasteiger partial charge in [-0.25, -0.2) is 0 Å². The summed E-state index contributed by atoms with van der Waals surface area (Å²) >= 11 is 0. The number of aliphatic hydroxyl groups is 1. The van der Waals surface area contributed by atoms with Gasteiger partial charge >= 0.3 is 0 Å². The maximum Gasteiger partial charge on any atom is 0.0923 e. The standard InChI is InChI=1S/C17H16N2O/c1-17(20,14-5-4-9-18-12-14)11-13-8-10-19-16-7-3-2-6-15(13)16/h2-10,12,20H,11H2,1H3. The molecule has 0 aliphatic carbocycles. The maximum absolute atomic E-state index is 10.7. The molecular weight excluding hydrogens is 248 g/mol. The SMILES string of the molecule is CC(O)(Cc1ccnc2ccccc12)c1cccnc1. The van der Waals surface area contributed by atoms with Gasteiger partial charge in [-0.05, 0) is 30.7 Å². The van der Waals surface area contributed by atoms with E-state index in [0.29, 0.717) is 6.42 Å². The predicted octanol–water partition coefficient (Wildman–Crippen LogP) is 3.08. The zero-order chi connectivity index (χ0) is 14.0. The lowest BCUT2D eigenvalue weighted by molar-refractivity contribution is 0.0576. The Bertz CT molecular complexity index is 718. The Labute approximate surface area is 117 Å². The second kappa shape index (κ2) is 5.02. The van der Waals surface area contributed by atoms with Gasteiger partial charge in [0.05, 0.1) is 11.1 Å². The van der Waals surface area contributed by atoms with Crippen LogP contribution < -0.4 is 0 Å². The summed E-state index contributed by atoms with van der Waals surface area (Å²) in [5.74, 6) is 0. The minimum Gasteiger partial charge on any atom is -0.385 e. The van der Waals surface area contributed by atoms with Crippen LogP contribution in [0.5, 0.6) is 0 Å². The smallest absolute Gasteiger partial charge is 0.0923 e. The van der Waals surface area contributed by atoms with Gasteiger partial charge in [-0.2, -0.15) is 0 Å². The molecule has 3 nitrogen and oxygen atoms in total. The van der Waals surface area contributed by atoms with E-state index in [1.807, 2.05) is 49.4 Å². The van der Waals surface area contributed by atoms with Gasteiger partial charge in [0.2, 0.25) is 0 Å². The van der Waals surface area contributed by atoms with Crippen LogP contribution in [0.2, 0.25) is 0 Å². The number of benzene rings is 1. The van der Waals surface area contributed by atoms with Gasteiger partial charge < -0.3 is 5.11 Å². The highest BCUT2D eigenvalue weighted by atomic mass is 16.3. The topological polar surface area (TPSA) is 46.0 Å². The summed E-state index contributed by atoms with van der Waals surface area (Å²) in [6, 6.07) is 13.7. The summed E-state index contributed by atoms with van der Waals surface area (Å²) in [6.07, 6.45) is 5.74. The number of pyridine rings is 2. The molecule has 1 atom stereocenters. The Morgan fingerprint density at radius 2 is 1.90 bits per heavy atom. The Morgan fingerprint density at radius 3 is 2.70 bits per heavy atom. The van der Waals surface area contributed by atoms with Crippen LogP contribution in [0.3, 0.4) is 0 Å². The van der Waals surface area contributed by atoms with Crippen molar-refractivity contribution in [1.82, 2.24) is 9.97 Å². The van der Waals surface area contributed by atoms with Gasteiger partial charge in [0, 0.05) is 36.0 Å². The van der Waals surface area contributed by atoms with Gasteiger partial charge in [-0.15, -0.1) is 0 Å². The van der Waals surface area contributed by atoms with Crippen molar-refractivity contribution in [3.63, 3.8) is 0 Å². The normalized spacial score (nSPS) is 14.1. The summed E-state index contributed by atoms with van der Waals surface area (Å²) in [5.41, 5.74) is 1.91. The molecule has 0 radical (unpaired) electrons. The van der Waals surface area contributed by atoms with Crippen LogP contribution in [0.25, 0.3) is 10.9 Å². The quantitative estimate of drug-likeness (QED) is 0.790. The molecule has 2 heterocycles. The van der Waals surface area contributed by atoms with Gasteiger partial charge in [-0.3, -0.25) is 9.97 Å². The van der Waals surface area contributed by atoms with Crippen LogP contribution in [-0.2, 0) is 12.0 Å². The zero-order valence-electron chi connectivity index (χ0n) is 11.3. The van der Waals surface area contributed by atoms with Gasteiger partial charge in [-0.1, -0.05) is 24.3 Å². The van der Waals surface area contributed by atoms with Crippen LogP contribution in [0.15, 0.2) is 61.1 Å². The van der Waals surface area contributed by atoms with Crippen LogP contribution in [0.1, 0.15) is 18.1 Å². The monoisotopic (exact) mass is 264 g/mol. The van der Waals surface area contributed by atoms with E-state index in [-0.39, 0.29) is 0 Å². The molecule has 1 N–H and O–H groups in total. The van der Waals surface area contributed by atoms with E-state index in [0.717, 1.165) is 22.0 Å². The van der Waals surface area contributed by atoms with E-state index in [4.69, 9.17) is 0 Å². The third-order valence-electron chi connectivity index (χ3n) is 3.56. The summed E-state index contributed by atoms with van der Waals surface area (Å²) in [5, 5.41) is 11.8. The predicted molar refractivity (Wildman–Crippen MR) is 79.3 cm³/mol. The number of fused-ring (bicyclic) bond motifs is 1. The van der Waals surface area contributed by atoms with Crippen LogP contribution in [0, 0.1) is 0 Å². The van der Waals surface area contributed by atoms with E-state index in [1.165, 1.54) is 0 Å². The largest absolute Gasteiger partial charge is 0.385 e. The number of rotatable bonds is 3. The van der Waals surface area contributed by atoms with E-state index in [9.17, 15) is 5.11 Å². The average Bonchev–Trinajstić information content (AvgIpc) is 2.48. The first-order valence-corrected chi connectivity index (χ1v) is 6.62. The lowest BCUT2D eigenvalue weighted by Gasteiger charge is -2.24. The molecule has 0 saturated carbocycles. The molecule has 2 aromatic heterocycles. The lowest BCUT2D eigenvalue weighted by Crippen LogP contribution is -2.24. The fraction of sp³-hybridized carbons (Fsp3) is 0.176. The van der Waals surface area contributed by atoms with Crippen molar-refractivity contribution in [2.24, 2.45) is 0 Å². The summed E-state index contributed by atoms with van der Waals surface area (Å²) in [4.78, 5) is 8.43. The molecule has 1 aromatic carbocycles. The van der Waals surface area contributed by atoms with Crippen molar-refractivity contribution in [3.05, 3.63) is 72.2 Å². The minimum absolute atomic E-state index is 0.529. The van der Waals surface area contributed by atoms with Crippen molar-refractivity contribution in [1.29, 1.82) is 0 Å². The molecule has 0 aliphatic heterocycles. The molecule has 0 spiro atoms. The third kappa shape index (κ3) is 2.40. The first kappa shape index (κ1) is 12.8. The highest BCUT2D eigenvalue weighted by Crippen LogP contribution is 2.27. The van der Waals surface area contributed by atoms with E-state index >= 15 is 0 Å². The number of aromatic nitrogens is 2. The van der Waals surface area contributed by atoms with Crippen LogP contribution in [0.4, 0.5) is 0 Å². The zero-order valence-corrected chi connectivity index (χ0v) is 11.3. The Kier molecular flexibility index (Phi) is 3.20. The van der Waals surface area contributed by atoms with E-state index in [2.05, 4.69) is 9.97 Å². The highest BCUT2D eigenvalue weighted by molar-refractivity contribution is 5.81. The van der Waals surface area contributed by atoms with E-state index in [1.54, 1.807) is 18.6 Å². The summed E-state index contributed by atoms with van der Waals surface area (Å²) < 4.78 is 0. The molecule has 1 unspecified atom stereocenters. The molecule has 100 valence electrons. The van der Waals surface area contributed by atoms with Crippen molar-refractivity contribution in [2.75, 3.05) is 0 Å². The first-order valence-electron chi connectivity index (χ1n) is 6.62. The minimum atomic E-state index is -0.946. The van der Waals surface area contributed by atoms with Crippen molar-refractivity contribution >= 4 is 10.9 Å². The molecule has 3 rings (SSSR count).